The van der Waals surface area contributed by atoms with Crippen LogP contribution in [0.1, 0.15) is 31.1 Å². The van der Waals surface area contributed by atoms with E-state index in [0.29, 0.717) is 5.56 Å². The molecule has 4 heteroatoms. The van der Waals surface area contributed by atoms with E-state index < -0.39 is 18.4 Å². The highest BCUT2D eigenvalue weighted by molar-refractivity contribution is 5.94. The van der Waals surface area contributed by atoms with Gasteiger partial charge in [0.15, 0.2) is 0 Å². The lowest BCUT2D eigenvalue weighted by Crippen LogP contribution is -2.34. The molecule has 90 valence electrons. The zero-order valence-corrected chi connectivity index (χ0v) is 9.76. The SMILES string of the molecule is CC.CC(F)(F)CNC(=O)c1ccccc1. The molecule has 1 aromatic carbocycles. The molecule has 0 unspecified atom stereocenters. The van der Waals surface area contributed by atoms with Gasteiger partial charge in [-0.25, -0.2) is 8.78 Å². The first-order valence-electron chi connectivity index (χ1n) is 5.20. The molecule has 0 aliphatic carbocycles. The first kappa shape index (κ1) is 14.6. The Morgan fingerprint density at radius 2 is 1.75 bits per heavy atom. The van der Waals surface area contributed by atoms with Crippen molar-refractivity contribution < 1.29 is 13.6 Å². The summed E-state index contributed by atoms with van der Waals surface area (Å²) in [7, 11) is 0. The fraction of sp³-hybridized carbons (Fsp3) is 0.417. The van der Waals surface area contributed by atoms with Gasteiger partial charge >= 0.3 is 0 Å². The number of hydrogen-bond acceptors (Lipinski definition) is 1. The van der Waals surface area contributed by atoms with Crippen LogP contribution >= 0.6 is 0 Å². The van der Waals surface area contributed by atoms with E-state index in [0.717, 1.165) is 6.92 Å². The number of nitrogens with one attached hydrogen (secondary N) is 1. The molecule has 1 aromatic rings. The van der Waals surface area contributed by atoms with Crippen molar-refractivity contribution >= 4 is 5.91 Å². The highest BCUT2D eigenvalue weighted by Crippen LogP contribution is 2.09. The number of benzene rings is 1. The van der Waals surface area contributed by atoms with Gasteiger partial charge in [-0.15, -0.1) is 0 Å². The summed E-state index contributed by atoms with van der Waals surface area (Å²) in [5.74, 6) is -3.35. The van der Waals surface area contributed by atoms with Gasteiger partial charge in [0.1, 0.15) is 0 Å². The van der Waals surface area contributed by atoms with E-state index in [9.17, 15) is 13.6 Å². The van der Waals surface area contributed by atoms with Gasteiger partial charge in [-0.1, -0.05) is 32.0 Å². The van der Waals surface area contributed by atoms with Crippen molar-refractivity contribution in [1.82, 2.24) is 5.32 Å². The van der Waals surface area contributed by atoms with Crippen molar-refractivity contribution in [3.63, 3.8) is 0 Å². The summed E-state index contributed by atoms with van der Waals surface area (Å²) in [5.41, 5.74) is 0.386. The Kier molecular flexibility index (Phi) is 6.30. The number of carbonyl (C=O) groups is 1. The molecular weight excluding hydrogens is 212 g/mol. The monoisotopic (exact) mass is 229 g/mol. The molecule has 1 amide bonds. The maximum Gasteiger partial charge on any atom is 0.262 e. The summed E-state index contributed by atoms with van der Waals surface area (Å²) < 4.78 is 24.8. The molecule has 0 aliphatic rings. The van der Waals surface area contributed by atoms with Gasteiger partial charge in [0.25, 0.3) is 11.8 Å². The zero-order chi connectivity index (χ0) is 12.6. The first-order chi connectivity index (χ1) is 7.49. The molecule has 0 spiro atoms. The molecule has 16 heavy (non-hydrogen) atoms. The predicted octanol–water partition coefficient (Wildman–Crippen LogP) is 3.10. The number of rotatable bonds is 3. The van der Waals surface area contributed by atoms with Gasteiger partial charge in [0.2, 0.25) is 0 Å². The van der Waals surface area contributed by atoms with E-state index in [4.69, 9.17) is 0 Å². The minimum absolute atomic E-state index is 0.386. The van der Waals surface area contributed by atoms with E-state index in [1.807, 2.05) is 13.8 Å². The predicted molar refractivity (Wildman–Crippen MR) is 60.7 cm³/mol. The minimum Gasteiger partial charge on any atom is -0.346 e. The number of amides is 1. The Bertz CT molecular complexity index is 307. The highest BCUT2D eigenvalue weighted by Gasteiger charge is 2.21. The van der Waals surface area contributed by atoms with Crippen molar-refractivity contribution in [1.29, 1.82) is 0 Å². The summed E-state index contributed by atoms with van der Waals surface area (Å²) in [6.07, 6.45) is 0. The van der Waals surface area contributed by atoms with Crippen LogP contribution in [0.15, 0.2) is 30.3 Å². The van der Waals surface area contributed by atoms with Crippen molar-refractivity contribution in [3.8, 4) is 0 Å². The zero-order valence-electron chi connectivity index (χ0n) is 9.76. The van der Waals surface area contributed by atoms with Gasteiger partial charge in [0.05, 0.1) is 6.54 Å². The molecule has 0 radical (unpaired) electrons. The fourth-order valence-corrected chi connectivity index (χ4v) is 0.927. The van der Waals surface area contributed by atoms with Gasteiger partial charge < -0.3 is 5.32 Å². The molecule has 0 saturated heterocycles. The minimum atomic E-state index is -2.87. The van der Waals surface area contributed by atoms with Crippen LogP contribution in [0, 0.1) is 0 Å². The molecule has 0 fully saturated rings. The van der Waals surface area contributed by atoms with Crippen molar-refractivity contribution in [2.45, 2.75) is 26.7 Å². The third kappa shape index (κ3) is 6.11. The molecule has 2 nitrogen and oxygen atoms in total. The number of hydrogen-bond donors (Lipinski definition) is 1. The summed E-state index contributed by atoms with van der Waals surface area (Å²) >= 11 is 0. The Labute approximate surface area is 94.7 Å². The molecular formula is C12H17F2NO. The molecule has 1 rings (SSSR count). The van der Waals surface area contributed by atoms with E-state index in [1.54, 1.807) is 30.3 Å². The first-order valence-corrected chi connectivity index (χ1v) is 5.20. The number of alkyl halides is 2. The van der Waals surface area contributed by atoms with E-state index in [-0.39, 0.29) is 0 Å². The largest absolute Gasteiger partial charge is 0.346 e. The van der Waals surface area contributed by atoms with Crippen LogP contribution in [0.5, 0.6) is 0 Å². The Morgan fingerprint density at radius 3 is 2.19 bits per heavy atom. The van der Waals surface area contributed by atoms with Crippen molar-refractivity contribution in [3.05, 3.63) is 35.9 Å². The van der Waals surface area contributed by atoms with Crippen LogP contribution in [0.3, 0.4) is 0 Å². The van der Waals surface area contributed by atoms with Crippen LogP contribution in [0.4, 0.5) is 8.78 Å². The second-order valence-corrected chi connectivity index (χ2v) is 3.12. The topological polar surface area (TPSA) is 29.1 Å². The van der Waals surface area contributed by atoms with Crippen molar-refractivity contribution in [2.75, 3.05) is 6.54 Å². The van der Waals surface area contributed by atoms with Crippen LogP contribution in [-0.2, 0) is 0 Å². The van der Waals surface area contributed by atoms with Crippen LogP contribution in [0.2, 0.25) is 0 Å². The van der Waals surface area contributed by atoms with Crippen molar-refractivity contribution in [2.24, 2.45) is 0 Å². The molecule has 0 bridgehead atoms. The number of halogens is 2. The second-order valence-electron chi connectivity index (χ2n) is 3.12. The fourth-order valence-electron chi connectivity index (χ4n) is 0.927. The molecule has 0 aliphatic heterocycles. The summed E-state index contributed by atoms with van der Waals surface area (Å²) in [4.78, 5) is 11.2. The van der Waals surface area contributed by atoms with Gasteiger partial charge in [0, 0.05) is 12.5 Å². The molecule has 0 aromatic heterocycles. The standard InChI is InChI=1S/C10H11F2NO.C2H6/c1-10(11,12)7-13-9(14)8-5-3-2-4-6-8;1-2/h2-6H,7H2,1H3,(H,13,14);1-2H3. The average Bonchev–Trinajstić information content (AvgIpc) is 2.29. The lowest BCUT2D eigenvalue weighted by molar-refractivity contribution is 0.0221. The highest BCUT2D eigenvalue weighted by atomic mass is 19.3. The Morgan fingerprint density at radius 1 is 1.25 bits per heavy atom. The third-order valence-electron chi connectivity index (χ3n) is 1.60. The second kappa shape index (κ2) is 6.93. The lowest BCUT2D eigenvalue weighted by Gasteiger charge is -2.10. The summed E-state index contributed by atoms with van der Waals surface area (Å²) in [6.45, 7) is 4.12. The Hall–Kier alpha value is -1.45. The number of carbonyl (C=O) groups excluding carboxylic acids is 1. The summed E-state index contributed by atoms with van der Waals surface area (Å²) in [6, 6.07) is 8.26. The maximum atomic E-state index is 12.4. The Balaban J connectivity index is 0.00000106. The van der Waals surface area contributed by atoms with E-state index >= 15 is 0 Å². The maximum absolute atomic E-state index is 12.4. The van der Waals surface area contributed by atoms with Crippen LogP contribution < -0.4 is 5.32 Å². The smallest absolute Gasteiger partial charge is 0.262 e. The van der Waals surface area contributed by atoms with E-state index in [1.165, 1.54) is 0 Å². The van der Waals surface area contributed by atoms with E-state index in [2.05, 4.69) is 5.32 Å². The molecule has 0 saturated carbocycles. The third-order valence-corrected chi connectivity index (χ3v) is 1.60. The molecule has 0 atom stereocenters. The van der Waals surface area contributed by atoms with Crippen LogP contribution in [0.25, 0.3) is 0 Å². The van der Waals surface area contributed by atoms with Gasteiger partial charge in [-0.3, -0.25) is 4.79 Å². The van der Waals surface area contributed by atoms with Gasteiger partial charge in [-0.2, -0.15) is 0 Å². The molecule has 0 heterocycles. The van der Waals surface area contributed by atoms with Gasteiger partial charge in [-0.05, 0) is 12.1 Å². The normalized spacial score (nSPS) is 10.1. The molecule has 1 N–H and O–H groups in total. The quantitative estimate of drug-likeness (QED) is 0.847. The van der Waals surface area contributed by atoms with Crippen LogP contribution in [-0.4, -0.2) is 18.4 Å². The lowest BCUT2D eigenvalue weighted by atomic mass is 10.2. The summed E-state index contributed by atoms with van der Waals surface area (Å²) in [5, 5.41) is 2.15. The average molecular weight is 229 g/mol.